The summed E-state index contributed by atoms with van der Waals surface area (Å²) < 4.78 is 13.0. The van der Waals surface area contributed by atoms with Crippen LogP contribution in [0.4, 0.5) is 11.4 Å². The van der Waals surface area contributed by atoms with Gasteiger partial charge in [-0.1, -0.05) is 54.6 Å². The van der Waals surface area contributed by atoms with Gasteiger partial charge in [0.05, 0.1) is 11.2 Å². The first kappa shape index (κ1) is 19.5. The molecule has 1 unspecified atom stereocenters. The minimum Gasteiger partial charge on any atom is -0.409 e. The summed E-state index contributed by atoms with van der Waals surface area (Å²) in [5.41, 5.74) is 2.94. The van der Waals surface area contributed by atoms with E-state index in [0.717, 1.165) is 17.8 Å². The molecule has 0 amide bonds. The van der Waals surface area contributed by atoms with Crippen molar-refractivity contribution < 1.29 is 9.31 Å². The van der Waals surface area contributed by atoms with Crippen molar-refractivity contribution in [2.45, 2.75) is 51.0 Å². The van der Waals surface area contributed by atoms with E-state index in [4.69, 9.17) is 9.31 Å². The van der Waals surface area contributed by atoms with Gasteiger partial charge in [0.1, 0.15) is 0 Å². The first-order chi connectivity index (χ1) is 14.3. The lowest BCUT2D eigenvalue weighted by Crippen LogP contribution is -2.49. The van der Waals surface area contributed by atoms with E-state index in [1.807, 2.05) is 0 Å². The predicted octanol–water partition coefficient (Wildman–Crippen LogP) is 5.41. The first-order valence-electron chi connectivity index (χ1n) is 10.8. The molecule has 1 fully saturated rings. The number of hydrogen-bond donors (Lipinski definition) is 2. The topological polar surface area (TPSA) is 42.5 Å². The summed E-state index contributed by atoms with van der Waals surface area (Å²) in [4.78, 5) is 0. The molecule has 0 bridgehead atoms. The van der Waals surface area contributed by atoms with E-state index in [1.54, 1.807) is 0 Å². The third kappa shape index (κ3) is 3.28. The molecule has 0 radical (unpaired) electrons. The molecule has 4 nitrogen and oxygen atoms in total. The van der Waals surface area contributed by atoms with Crippen molar-refractivity contribution in [1.82, 2.24) is 0 Å². The van der Waals surface area contributed by atoms with Crippen LogP contribution in [0.2, 0.25) is 5.72 Å². The maximum Gasteiger partial charge on any atom is 0.457 e. The molecule has 3 aromatic rings. The van der Waals surface area contributed by atoms with Gasteiger partial charge < -0.3 is 19.8 Å². The number of nitrogens with one attached hydrogen (secondary N) is 2. The van der Waals surface area contributed by atoms with E-state index in [9.17, 15) is 0 Å². The van der Waals surface area contributed by atoms with Gasteiger partial charge in [0.25, 0.3) is 0 Å². The molecule has 0 aromatic heterocycles. The molecule has 152 valence electrons. The summed E-state index contributed by atoms with van der Waals surface area (Å²) in [5, 5.41) is 9.96. The third-order valence-electron chi connectivity index (χ3n) is 6.89. The summed E-state index contributed by atoms with van der Waals surface area (Å²) in [7, 11) is -0.315. The van der Waals surface area contributed by atoms with Gasteiger partial charge in [-0.3, -0.25) is 0 Å². The molecule has 6 heteroatoms. The number of rotatable bonds is 4. The summed E-state index contributed by atoms with van der Waals surface area (Å²) in [6, 6.07) is 23.4. The molecule has 1 atom stereocenters. The fourth-order valence-electron chi connectivity index (χ4n) is 4.49. The molecule has 0 spiro atoms. The Morgan fingerprint density at radius 2 is 1.33 bits per heavy atom. The third-order valence-corrected chi connectivity index (χ3v) is 6.89. The molecular weight excluding hydrogens is 370 g/mol. The fraction of sp³-hybridized carbons (Fsp3) is 0.333. The summed E-state index contributed by atoms with van der Waals surface area (Å²) >= 11 is 0. The minimum atomic E-state index is -0.362. The Morgan fingerprint density at radius 1 is 0.767 bits per heavy atom. The van der Waals surface area contributed by atoms with Gasteiger partial charge in [-0.25, -0.2) is 0 Å². The second-order valence-corrected chi connectivity index (χ2v) is 9.45. The van der Waals surface area contributed by atoms with Crippen molar-refractivity contribution in [1.29, 1.82) is 0 Å². The normalized spacial score (nSPS) is 20.0. The average molecular weight is 398 g/mol. The van der Waals surface area contributed by atoms with Crippen molar-refractivity contribution in [3.8, 4) is 0 Å². The summed E-state index contributed by atoms with van der Waals surface area (Å²) in [6.07, 6.45) is 0.848. The molecule has 3 aromatic carbocycles. The Kier molecular flexibility index (Phi) is 4.60. The Morgan fingerprint density at radius 3 is 1.90 bits per heavy atom. The number of anilines is 2. The Labute approximate surface area is 179 Å². The lowest BCUT2D eigenvalue weighted by molar-refractivity contribution is 0.00578. The second-order valence-electron chi connectivity index (χ2n) is 9.45. The standard InChI is InChI=1S/C24H28B2N2O2/c1-23(2)24(3,4)30-26(29-23)21(16-17-10-6-5-7-11-17)25-27-19-14-8-12-18-13-9-15-20(28-25)22(18)19/h5-15,21,27-28H,16H2,1-4H3. The molecule has 1 saturated heterocycles. The molecule has 2 N–H and O–H groups in total. The number of benzene rings is 3. The van der Waals surface area contributed by atoms with Crippen LogP contribution >= 0.6 is 0 Å². The zero-order chi connectivity index (χ0) is 20.9. The monoisotopic (exact) mass is 398 g/mol. The highest BCUT2D eigenvalue weighted by atomic mass is 16.7. The lowest BCUT2D eigenvalue weighted by atomic mass is 9.44. The largest absolute Gasteiger partial charge is 0.457 e. The van der Waals surface area contributed by atoms with E-state index in [1.165, 1.54) is 16.3 Å². The van der Waals surface area contributed by atoms with Crippen molar-refractivity contribution >= 4 is 36.2 Å². The highest BCUT2D eigenvalue weighted by molar-refractivity contribution is 6.80. The number of hydrogen-bond acceptors (Lipinski definition) is 4. The predicted molar refractivity (Wildman–Crippen MR) is 127 cm³/mol. The average Bonchev–Trinajstić information content (AvgIpc) is 2.94. The van der Waals surface area contributed by atoms with Gasteiger partial charge in [0.2, 0.25) is 0 Å². The van der Waals surface area contributed by atoms with E-state index in [-0.39, 0.29) is 31.0 Å². The lowest BCUT2D eigenvalue weighted by Gasteiger charge is -2.32. The SMILES string of the molecule is CC1(C)OB(C(Cc2ccccc2)B2Nc3cccc4cccc(c34)N2)OC1(C)C. The van der Waals surface area contributed by atoms with Crippen LogP contribution < -0.4 is 10.5 Å². The fourth-order valence-corrected chi connectivity index (χ4v) is 4.49. The molecule has 5 rings (SSSR count). The zero-order valence-electron chi connectivity index (χ0n) is 18.1. The molecule has 0 aliphatic carbocycles. The second kappa shape index (κ2) is 7.07. The zero-order valence-corrected chi connectivity index (χ0v) is 18.1. The minimum absolute atomic E-state index is 0.0135. The van der Waals surface area contributed by atoms with Gasteiger partial charge >= 0.3 is 14.1 Å². The van der Waals surface area contributed by atoms with Crippen molar-refractivity contribution in [2.75, 3.05) is 10.5 Å². The van der Waals surface area contributed by atoms with Crippen LogP contribution in [0.1, 0.15) is 33.3 Å². The van der Waals surface area contributed by atoms with E-state index >= 15 is 0 Å². The molecule has 2 aliphatic heterocycles. The van der Waals surface area contributed by atoms with Crippen LogP contribution in [0.3, 0.4) is 0 Å². The van der Waals surface area contributed by atoms with Crippen molar-refractivity contribution in [3.63, 3.8) is 0 Å². The molecule has 2 heterocycles. The maximum atomic E-state index is 6.51. The Bertz CT molecular complexity index is 1010. The molecule has 0 saturated carbocycles. The quantitative estimate of drug-likeness (QED) is 0.577. The van der Waals surface area contributed by atoms with E-state index in [0.29, 0.717) is 0 Å². The van der Waals surface area contributed by atoms with Crippen LogP contribution in [0, 0.1) is 0 Å². The Hall–Kier alpha value is -2.43. The smallest absolute Gasteiger partial charge is 0.409 e. The van der Waals surface area contributed by atoms with Crippen LogP contribution in [0.5, 0.6) is 0 Å². The molecule has 2 aliphatic rings. The highest BCUT2D eigenvalue weighted by Gasteiger charge is 2.56. The Balaban J connectivity index is 1.51. The van der Waals surface area contributed by atoms with E-state index in [2.05, 4.69) is 105 Å². The molecular formula is C24H28B2N2O2. The summed E-state index contributed by atoms with van der Waals surface area (Å²) in [5.74, 6) is 0. The van der Waals surface area contributed by atoms with Gasteiger partial charge in [0.15, 0.2) is 0 Å². The molecule has 30 heavy (non-hydrogen) atoms. The highest BCUT2D eigenvalue weighted by Crippen LogP contribution is 2.43. The van der Waals surface area contributed by atoms with E-state index < -0.39 is 0 Å². The first-order valence-corrected chi connectivity index (χ1v) is 10.8. The van der Waals surface area contributed by atoms with Gasteiger partial charge in [-0.2, -0.15) is 0 Å². The van der Waals surface area contributed by atoms with Crippen molar-refractivity contribution in [3.05, 3.63) is 72.3 Å². The maximum absolute atomic E-state index is 6.51. The van der Waals surface area contributed by atoms with Gasteiger partial charge in [-0.15, -0.1) is 0 Å². The summed E-state index contributed by atoms with van der Waals surface area (Å²) in [6.45, 7) is 8.45. The van der Waals surface area contributed by atoms with Crippen LogP contribution in [0.15, 0.2) is 66.7 Å². The van der Waals surface area contributed by atoms with Gasteiger partial charge in [0, 0.05) is 22.5 Å². The van der Waals surface area contributed by atoms with Crippen LogP contribution in [-0.4, -0.2) is 25.3 Å². The van der Waals surface area contributed by atoms with Crippen molar-refractivity contribution in [2.24, 2.45) is 0 Å². The van der Waals surface area contributed by atoms with Crippen LogP contribution in [0.25, 0.3) is 10.8 Å². The van der Waals surface area contributed by atoms with Crippen LogP contribution in [-0.2, 0) is 15.7 Å². The van der Waals surface area contributed by atoms with Gasteiger partial charge in [-0.05, 0) is 57.2 Å².